The van der Waals surface area contributed by atoms with Gasteiger partial charge in [-0.1, -0.05) is 73.9 Å². The predicted octanol–water partition coefficient (Wildman–Crippen LogP) is 0.896. The Morgan fingerprint density at radius 1 is 0.833 bits per heavy atom. The van der Waals surface area contributed by atoms with E-state index in [1.807, 2.05) is 13.8 Å². The zero-order valence-electron chi connectivity index (χ0n) is 58.0. The number of likely N-dealkylation sites (tertiary alicyclic amines) is 1. The van der Waals surface area contributed by atoms with Crippen molar-refractivity contribution in [3.05, 3.63) is 29.8 Å². The molecule has 0 unspecified atom stereocenters. The number of ether oxygens (including phenoxy) is 4. The van der Waals surface area contributed by atoms with E-state index in [0.717, 1.165) is 9.80 Å². The van der Waals surface area contributed by atoms with E-state index in [4.69, 9.17) is 24.7 Å². The summed E-state index contributed by atoms with van der Waals surface area (Å²) < 4.78 is 22.9. The van der Waals surface area contributed by atoms with Crippen LogP contribution in [0.5, 0.6) is 5.75 Å². The second kappa shape index (κ2) is 35.7. The van der Waals surface area contributed by atoms with Gasteiger partial charge in [-0.3, -0.25) is 57.5 Å². The molecule has 534 valence electrons. The Bertz CT molecular complexity index is 3000. The molecule has 29 heteroatoms. The van der Waals surface area contributed by atoms with Crippen molar-refractivity contribution in [1.82, 2.24) is 46.2 Å². The summed E-state index contributed by atoms with van der Waals surface area (Å²) in [5.74, 6) is -14.2. The molecule has 0 aliphatic carbocycles. The van der Waals surface area contributed by atoms with Gasteiger partial charge in [0.05, 0.1) is 31.6 Å². The lowest BCUT2D eigenvalue weighted by Crippen LogP contribution is -2.62. The molecule has 10 amide bonds. The Balaban J connectivity index is 1.54. The third kappa shape index (κ3) is 20.9. The maximum Gasteiger partial charge on any atom is 0.329 e. The van der Waals surface area contributed by atoms with Crippen molar-refractivity contribution >= 4 is 82.8 Å². The summed E-state index contributed by atoms with van der Waals surface area (Å²) in [4.78, 5) is 202. The van der Waals surface area contributed by atoms with Crippen LogP contribution in [0, 0.1) is 29.6 Å². The van der Waals surface area contributed by atoms with Crippen LogP contribution in [0.1, 0.15) is 159 Å². The molecule has 4 fully saturated rings. The van der Waals surface area contributed by atoms with Crippen LogP contribution in [-0.4, -0.2) is 221 Å². The molecule has 4 aliphatic rings. The number of esters is 3. The highest BCUT2D eigenvalue weighted by Gasteiger charge is 2.47. The van der Waals surface area contributed by atoms with Gasteiger partial charge in [-0.25, -0.2) is 9.59 Å². The third-order valence-corrected chi connectivity index (χ3v) is 18.4. The third-order valence-electron chi connectivity index (χ3n) is 18.4. The molecule has 8 N–H and O–H groups in total. The topological polar surface area (TPSA) is 395 Å². The molecule has 0 spiro atoms. The molecule has 4 heterocycles. The van der Waals surface area contributed by atoms with Crippen molar-refractivity contribution in [3.8, 4) is 5.75 Å². The largest absolute Gasteiger partial charge is 0.497 e. The first kappa shape index (κ1) is 78.5. The number of Topliss-reactive ketones (excluding diaryl/α,β-unsaturated/α-hetero) is 1. The quantitative estimate of drug-likeness (QED) is 0.0482. The maximum atomic E-state index is 15.2. The summed E-state index contributed by atoms with van der Waals surface area (Å²) >= 11 is 0. The number of primary amides is 1. The number of benzene rings is 1. The van der Waals surface area contributed by atoms with Crippen molar-refractivity contribution in [2.24, 2.45) is 35.3 Å². The van der Waals surface area contributed by atoms with Crippen LogP contribution < -0.4 is 37.1 Å². The van der Waals surface area contributed by atoms with Gasteiger partial charge >= 0.3 is 17.9 Å². The summed E-state index contributed by atoms with van der Waals surface area (Å²) in [5, 5.41) is 25.2. The van der Waals surface area contributed by atoms with Gasteiger partial charge in [0, 0.05) is 46.4 Å². The summed E-state index contributed by atoms with van der Waals surface area (Å²) in [5.41, 5.74) is 5.88. The van der Waals surface area contributed by atoms with Crippen LogP contribution in [-0.2, 0) is 87.8 Å². The summed E-state index contributed by atoms with van der Waals surface area (Å²) in [6.45, 7) is 17.8. The summed E-state index contributed by atoms with van der Waals surface area (Å²) in [6, 6.07) is -5.39. The van der Waals surface area contributed by atoms with E-state index in [-0.39, 0.29) is 88.6 Å². The number of rotatable bonds is 22. The van der Waals surface area contributed by atoms with Gasteiger partial charge in [0.25, 0.3) is 5.91 Å². The number of carbonyl (C=O) groups is 14. The molecule has 29 nitrogen and oxygen atoms in total. The first-order chi connectivity index (χ1) is 45.1. The number of hydrogen-bond donors (Lipinski definition) is 7. The fourth-order valence-electron chi connectivity index (χ4n) is 12.4. The number of aliphatic hydroxyl groups excluding tert-OH is 1. The van der Waals surface area contributed by atoms with E-state index in [2.05, 4.69) is 26.6 Å². The fourth-order valence-corrected chi connectivity index (χ4v) is 12.4. The summed E-state index contributed by atoms with van der Waals surface area (Å²) in [6.07, 6.45) is -6.48. The number of hydrogen-bond acceptors (Lipinski definition) is 19. The number of methoxy groups -OCH3 is 1. The van der Waals surface area contributed by atoms with Gasteiger partial charge in [-0.05, 0) is 114 Å². The minimum atomic E-state index is -1.86. The monoisotopic (exact) mass is 1350 g/mol. The molecule has 15 atom stereocenters. The maximum absolute atomic E-state index is 15.2. The molecule has 0 radical (unpaired) electrons. The van der Waals surface area contributed by atoms with Crippen LogP contribution in [0.3, 0.4) is 0 Å². The zero-order valence-corrected chi connectivity index (χ0v) is 58.0. The molecule has 0 aromatic heterocycles. The first-order valence-electron chi connectivity index (χ1n) is 33.5. The van der Waals surface area contributed by atoms with E-state index in [9.17, 15) is 53.1 Å². The van der Waals surface area contributed by atoms with Crippen molar-refractivity contribution in [2.75, 3.05) is 34.3 Å². The van der Waals surface area contributed by atoms with Crippen LogP contribution in [0.4, 0.5) is 0 Å². The molecule has 4 saturated heterocycles. The van der Waals surface area contributed by atoms with Crippen LogP contribution in [0.2, 0.25) is 0 Å². The average molecular weight is 1350 g/mol. The van der Waals surface area contributed by atoms with E-state index in [1.165, 1.54) is 51.8 Å². The van der Waals surface area contributed by atoms with Gasteiger partial charge in [-0.15, -0.1) is 0 Å². The SMILES string of the molecule is CC[C@@H](C)[C@H]1NC(=O)[C@H](NC(=O)[C@@H](CC(C)C)N(C)C(=O)[C@@H]2CCCN2C(=O)[C@H](C)OC(=O)[C@H](CCC(N)=O)NC(=O)[C@@H]2CCC(=O)N2)[C@@H](C)OC(=O)[C@H](Cc2ccc(OC)cc2)N(C)C(=O)[C@@H]2CCCN2C(=O)[C@H](CC(C)C)NC(=O)[C@@H](C)C(=O)[C@H](C(C)C)OC(=O)C[C@@H]1O. The minimum absolute atomic E-state index is 0.0193. The fraction of sp³-hybridized carbons (Fsp3) is 0.701. The van der Waals surface area contributed by atoms with Crippen LogP contribution in [0.25, 0.3) is 0 Å². The van der Waals surface area contributed by atoms with E-state index < -0.39 is 180 Å². The van der Waals surface area contributed by atoms with Crippen molar-refractivity contribution < 1.29 is 91.2 Å². The smallest absolute Gasteiger partial charge is 0.329 e. The van der Waals surface area contributed by atoms with Gasteiger partial charge < -0.3 is 76.0 Å². The Kier molecular flexibility index (Phi) is 29.1. The highest BCUT2D eigenvalue weighted by atomic mass is 16.6. The lowest BCUT2D eigenvalue weighted by Gasteiger charge is -2.36. The van der Waals surface area contributed by atoms with Crippen LogP contribution >= 0.6 is 0 Å². The number of nitrogens with one attached hydrogen (secondary N) is 5. The van der Waals surface area contributed by atoms with Gasteiger partial charge in [0.15, 0.2) is 18.0 Å². The van der Waals surface area contributed by atoms with E-state index in [1.54, 1.807) is 65.8 Å². The second-order valence-corrected chi connectivity index (χ2v) is 27.1. The number of likely N-dealkylation sites (N-methyl/N-ethyl adjacent to an activating group) is 2. The van der Waals surface area contributed by atoms with Gasteiger partial charge in [0.2, 0.25) is 53.2 Å². The van der Waals surface area contributed by atoms with Crippen molar-refractivity contribution in [2.45, 2.75) is 238 Å². The number of nitrogens with two attached hydrogens (primary N) is 1. The Morgan fingerprint density at radius 3 is 2.07 bits per heavy atom. The molecular weight excluding hydrogens is 1250 g/mol. The predicted molar refractivity (Wildman–Crippen MR) is 346 cm³/mol. The highest BCUT2D eigenvalue weighted by molar-refractivity contribution is 6.05. The first-order valence-corrected chi connectivity index (χ1v) is 33.5. The minimum Gasteiger partial charge on any atom is -0.497 e. The van der Waals surface area contributed by atoms with Crippen molar-refractivity contribution in [3.63, 3.8) is 0 Å². The number of carbonyl (C=O) groups excluding carboxylic acids is 14. The van der Waals surface area contributed by atoms with Crippen molar-refractivity contribution in [1.29, 1.82) is 0 Å². The molecule has 0 saturated carbocycles. The number of cyclic esters (lactones) is 2. The molecular formula is C67H102N10O19. The number of amides is 10. The lowest BCUT2D eigenvalue weighted by atomic mass is 9.91. The average Bonchev–Trinajstić information content (AvgIpc) is 1.60. The molecule has 1 aromatic carbocycles. The van der Waals surface area contributed by atoms with Crippen LogP contribution in [0.15, 0.2) is 24.3 Å². The standard InChI is InChI=1S/C67H102N10O19/c1-15-37(8)54-50(78)33-53(81)96-57(36(6)7)56(82)38(9)58(83)71-45(30-34(2)3)63(88)77-29-17-19-47(77)65(90)75(13)49(32-41-20-22-42(93-14)23-21-41)67(92)94-39(10)55(61(86)72-54)73-60(85)48(31-35(4)5)74(12)64(89)46-18-16-28-76(46)62(87)40(11)95-66(91)44(24-26-51(68)79)70-59(84)43-25-27-52(80)69-43/h20-23,34-40,43-50,54-55,57,78H,15-19,24-33H2,1-14H3,(H2,68,79)(H,69,80)(H,70,84)(H,71,83)(H,72,86)(H,73,85)/t37-,38+,39-,40+,43+,44+,45+,46+,47+,48-,49+,50+,54-,55-,57+/m1/s1. The number of aliphatic hydroxyl groups is 1. The number of nitrogens with zero attached hydrogens (tertiary/aromatic N) is 4. The molecule has 0 bridgehead atoms. The molecule has 4 aliphatic heterocycles. The summed E-state index contributed by atoms with van der Waals surface area (Å²) in [7, 11) is 4.17. The number of ketones is 1. The highest BCUT2D eigenvalue weighted by Crippen LogP contribution is 2.28. The normalized spacial score (nSPS) is 26.6. The van der Waals surface area contributed by atoms with Gasteiger partial charge in [-0.2, -0.15) is 0 Å². The van der Waals surface area contributed by atoms with E-state index in [0.29, 0.717) is 30.6 Å². The Morgan fingerprint density at radius 2 is 1.49 bits per heavy atom. The Labute approximate surface area is 561 Å². The Hall–Kier alpha value is -8.24. The lowest BCUT2D eigenvalue weighted by molar-refractivity contribution is -0.163. The van der Waals surface area contributed by atoms with E-state index >= 15 is 19.2 Å². The second-order valence-electron chi connectivity index (χ2n) is 27.1. The zero-order chi connectivity index (χ0) is 71.7. The van der Waals surface area contributed by atoms with Gasteiger partial charge in [0.1, 0.15) is 60.2 Å². The molecule has 5 rings (SSSR count). The number of fused-ring (bicyclic) bond motifs is 1. The molecule has 96 heavy (non-hydrogen) atoms. The molecule has 1 aromatic rings.